The fraction of sp³-hybridized carbons (Fsp3) is 0.717. The molecule has 0 bridgehead atoms. The number of hydrogen-bond donors (Lipinski definition) is 0. The van der Waals surface area contributed by atoms with Crippen LogP contribution in [0.15, 0.2) is 85.1 Å². The van der Waals surface area contributed by atoms with Crippen molar-refractivity contribution in [1.82, 2.24) is 0 Å². The maximum absolute atomic E-state index is 12.8. The molecule has 1 atom stereocenters. The Hall–Kier alpha value is -3.41. The van der Waals surface area contributed by atoms with Gasteiger partial charge in [-0.2, -0.15) is 0 Å². The predicted molar refractivity (Wildman–Crippen MR) is 284 cm³/mol. The van der Waals surface area contributed by atoms with Gasteiger partial charge in [0.2, 0.25) is 0 Å². The molecule has 0 amide bonds. The third-order valence-corrected chi connectivity index (χ3v) is 11.6. The molecule has 0 saturated heterocycles. The van der Waals surface area contributed by atoms with Gasteiger partial charge in [0.15, 0.2) is 6.10 Å². The first-order chi connectivity index (χ1) is 32.5. The van der Waals surface area contributed by atoms with Crippen molar-refractivity contribution in [2.24, 2.45) is 0 Å². The van der Waals surface area contributed by atoms with Crippen molar-refractivity contribution >= 4 is 17.9 Å². The summed E-state index contributed by atoms with van der Waals surface area (Å²) in [7, 11) is 0. The van der Waals surface area contributed by atoms with E-state index in [1.54, 1.807) is 0 Å². The molecule has 0 spiro atoms. The van der Waals surface area contributed by atoms with Crippen LogP contribution in [0.5, 0.6) is 0 Å². The van der Waals surface area contributed by atoms with Crippen LogP contribution in [0.3, 0.4) is 0 Å². The molecule has 0 heterocycles. The Bertz CT molecular complexity index is 1290. The van der Waals surface area contributed by atoms with Gasteiger partial charge >= 0.3 is 17.9 Å². The molecule has 0 aromatic heterocycles. The van der Waals surface area contributed by atoms with E-state index < -0.39 is 6.10 Å². The lowest BCUT2D eigenvalue weighted by molar-refractivity contribution is -0.167. The van der Waals surface area contributed by atoms with Gasteiger partial charge in [-0.05, 0) is 96.3 Å². The Morgan fingerprint density at radius 3 is 0.970 bits per heavy atom. The molecule has 0 aliphatic rings. The van der Waals surface area contributed by atoms with Gasteiger partial charge in [-0.15, -0.1) is 0 Å². The summed E-state index contributed by atoms with van der Waals surface area (Å²) < 4.78 is 16.8. The Kier molecular flexibility index (Phi) is 51.4. The molecule has 0 rings (SSSR count). The lowest BCUT2D eigenvalue weighted by Gasteiger charge is -2.18. The van der Waals surface area contributed by atoms with E-state index in [2.05, 4.69) is 106 Å². The molecule has 0 aromatic carbocycles. The van der Waals surface area contributed by atoms with E-state index in [0.717, 1.165) is 122 Å². The van der Waals surface area contributed by atoms with Crippen molar-refractivity contribution in [3.63, 3.8) is 0 Å². The number of esters is 3. The van der Waals surface area contributed by atoms with Crippen molar-refractivity contribution in [2.45, 2.75) is 264 Å². The average Bonchev–Trinajstić information content (AvgIpc) is 3.31. The fourth-order valence-corrected chi connectivity index (χ4v) is 7.50. The maximum atomic E-state index is 12.8. The molecule has 0 radical (unpaired) electrons. The molecule has 0 N–H and O–H groups in total. The van der Waals surface area contributed by atoms with Gasteiger partial charge < -0.3 is 14.2 Å². The number of rotatable bonds is 49. The van der Waals surface area contributed by atoms with Gasteiger partial charge in [-0.25, -0.2) is 0 Å². The van der Waals surface area contributed by atoms with E-state index in [1.807, 2.05) is 0 Å². The van der Waals surface area contributed by atoms with Gasteiger partial charge in [0.25, 0.3) is 0 Å². The molecule has 66 heavy (non-hydrogen) atoms. The van der Waals surface area contributed by atoms with Crippen LogP contribution in [0, 0.1) is 0 Å². The minimum atomic E-state index is -0.798. The van der Waals surface area contributed by atoms with Crippen molar-refractivity contribution in [3.8, 4) is 0 Å². The molecule has 6 heteroatoms. The first-order valence-corrected chi connectivity index (χ1v) is 27.6. The van der Waals surface area contributed by atoms with Crippen LogP contribution in [-0.4, -0.2) is 37.2 Å². The monoisotopic (exact) mass is 919 g/mol. The molecule has 6 nitrogen and oxygen atoms in total. The SMILES string of the molecule is CC/C=C\C/C=C\C/C=C\CCCCCCCC(=O)O[C@@H](COC(=O)CCCCC/C=C\C/C=C\C/C=C\C/C=C\CCCCC)COC(=O)CCCCCCCCCCCCCCCC. The fourth-order valence-electron chi connectivity index (χ4n) is 7.50. The molecule has 378 valence electrons. The molecule has 0 unspecified atom stereocenters. The Morgan fingerprint density at radius 2 is 0.591 bits per heavy atom. The first-order valence-electron chi connectivity index (χ1n) is 27.6. The van der Waals surface area contributed by atoms with Crippen LogP contribution < -0.4 is 0 Å². The summed E-state index contributed by atoms with van der Waals surface area (Å²) in [6.07, 6.45) is 69.9. The highest BCUT2D eigenvalue weighted by molar-refractivity contribution is 5.71. The third-order valence-electron chi connectivity index (χ3n) is 11.6. The van der Waals surface area contributed by atoms with Gasteiger partial charge in [0, 0.05) is 19.3 Å². The van der Waals surface area contributed by atoms with E-state index in [4.69, 9.17) is 14.2 Å². The Balaban J connectivity index is 4.46. The zero-order valence-corrected chi connectivity index (χ0v) is 43.2. The summed E-state index contributed by atoms with van der Waals surface area (Å²) >= 11 is 0. The summed E-state index contributed by atoms with van der Waals surface area (Å²) in [6, 6.07) is 0. The maximum Gasteiger partial charge on any atom is 0.306 e. The summed E-state index contributed by atoms with van der Waals surface area (Å²) in [4.78, 5) is 38.1. The molecule has 0 aliphatic carbocycles. The number of hydrogen-bond acceptors (Lipinski definition) is 6. The van der Waals surface area contributed by atoms with Crippen LogP contribution in [0.1, 0.15) is 258 Å². The quantitative estimate of drug-likeness (QED) is 0.0262. The number of carbonyl (C=O) groups is 3. The normalized spacial score (nSPS) is 12.7. The Labute approximate surface area is 407 Å². The third kappa shape index (κ3) is 51.6. The highest BCUT2D eigenvalue weighted by Gasteiger charge is 2.19. The van der Waals surface area contributed by atoms with Crippen LogP contribution in [-0.2, 0) is 28.6 Å². The minimum Gasteiger partial charge on any atom is -0.462 e. The Morgan fingerprint density at radius 1 is 0.318 bits per heavy atom. The van der Waals surface area contributed by atoms with Gasteiger partial charge in [-0.3, -0.25) is 14.4 Å². The minimum absolute atomic E-state index is 0.0925. The van der Waals surface area contributed by atoms with E-state index in [1.165, 1.54) is 96.3 Å². The number of ether oxygens (including phenoxy) is 3. The van der Waals surface area contributed by atoms with Crippen molar-refractivity contribution in [2.75, 3.05) is 13.2 Å². The zero-order chi connectivity index (χ0) is 47.9. The van der Waals surface area contributed by atoms with E-state index in [0.29, 0.717) is 19.3 Å². The first kappa shape index (κ1) is 62.6. The topological polar surface area (TPSA) is 78.9 Å². The van der Waals surface area contributed by atoms with Gasteiger partial charge in [-0.1, -0.05) is 228 Å². The van der Waals surface area contributed by atoms with E-state index in [-0.39, 0.29) is 31.1 Å². The van der Waals surface area contributed by atoms with Crippen molar-refractivity contribution in [3.05, 3.63) is 85.1 Å². The summed E-state index contributed by atoms with van der Waals surface area (Å²) in [5.74, 6) is -0.938. The predicted octanol–water partition coefficient (Wildman–Crippen LogP) is 18.4. The largest absolute Gasteiger partial charge is 0.462 e. The second kappa shape index (κ2) is 54.2. The average molecular weight is 919 g/mol. The summed E-state index contributed by atoms with van der Waals surface area (Å²) in [5.41, 5.74) is 0. The number of allylic oxidation sites excluding steroid dienone is 14. The number of carbonyl (C=O) groups excluding carboxylic acids is 3. The molecule has 0 fully saturated rings. The molecule has 0 aromatic rings. The molecule has 0 aliphatic heterocycles. The smallest absolute Gasteiger partial charge is 0.306 e. The number of unbranched alkanes of at least 4 members (excludes halogenated alkanes) is 24. The second-order valence-corrected chi connectivity index (χ2v) is 18.1. The van der Waals surface area contributed by atoms with Crippen LogP contribution in [0.2, 0.25) is 0 Å². The van der Waals surface area contributed by atoms with Crippen LogP contribution in [0.4, 0.5) is 0 Å². The molecular weight excluding hydrogens is 817 g/mol. The lowest BCUT2D eigenvalue weighted by Crippen LogP contribution is -2.30. The van der Waals surface area contributed by atoms with Crippen LogP contribution >= 0.6 is 0 Å². The lowest BCUT2D eigenvalue weighted by atomic mass is 10.0. The van der Waals surface area contributed by atoms with Gasteiger partial charge in [0.05, 0.1) is 0 Å². The van der Waals surface area contributed by atoms with Gasteiger partial charge in [0.1, 0.15) is 13.2 Å². The highest BCUT2D eigenvalue weighted by Crippen LogP contribution is 2.15. The molecular formula is C60H102O6. The summed E-state index contributed by atoms with van der Waals surface area (Å²) in [5, 5.41) is 0. The van der Waals surface area contributed by atoms with Crippen LogP contribution in [0.25, 0.3) is 0 Å². The van der Waals surface area contributed by atoms with Crippen molar-refractivity contribution in [1.29, 1.82) is 0 Å². The zero-order valence-electron chi connectivity index (χ0n) is 43.2. The van der Waals surface area contributed by atoms with Crippen molar-refractivity contribution < 1.29 is 28.6 Å². The van der Waals surface area contributed by atoms with E-state index in [9.17, 15) is 14.4 Å². The summed E-state index contributed by atoms with van der Waals surface area (Å²) in [6.45, 7) is 6.47. The standard InChI is InChI=1S/C60H102O6/c1-4-7-10-13-16-19-22-25-28-29-30-31-33-35-38-41-44-47-50-53-59(62)65-56-57(55-64-58(61)52-49-46-43-40-37-34-27-24-21-18-15-12-9-6-3)66-60(63)54-51-48-45-42-39-36-32-26-23-20-17-14-11-8-5-2/h8,11,16-17,19-20,25-26,28,30-32,35,38,57H,4-7,9-10,12-15,18,21-24,27,29,33-34,36-37,39-56H2,1-3H3/b11-8-,19-16-,20-17-,28-25-,31-30-,32-26-,38-35-/t57-/m1/s1. The van der Waals surface area contributed by atoms with E-state index >= 15 is 0 Å². The highest BCUT2D eigenvalue weighted by atomic mass is 16.6. The molecule has 0 saturated carbocycles. The second-order valence-electron chi connectivity index (χ2n) is 18.1.